The Balaban J connectivity index is 1.88. The number of nitrogens with two attached hydrogens (primary N) is 1. The maximum atomic E-state index is 6.12. The van der Waals surface area contributed by atoms with Crippen molar-refractivity contribution in [2.75, 3.05) is 19.6 Å². The minimum absolute atomic E-state index is 0.789. The van der Waals surface area contributed by atoms with Gasteiger partial charge in [-0.2, -0.15) is 0 Å². The van der Waals surface area contributed by atoms with Gasteiger partial charge < -0.3 is 5.73 Å². The molecule has 0 radical (unpaired) electrons. The Kier molecular flexibility index (Phi) is 4.65. The van der Waals surface area contributed by atoms with Crippen molar-refractivity contribution in [3.63, 3.8) is 0 Å². The molecule has 2 heterocycles. The van der Waals surface area contributed by atoms with Crippen molar-refractivity contribution in [1.29, 1.82) is 0 Å². The average molecular weight is 259 g/mol. The molecule has 90 valence electrons. The molecule has 0 aromatic carbocycles. The van der Waals surface area contributed by atoms with Gasteiger partial charge in [-0.1, -0.05) is 11.6 Å². The van der Waals surface area contributed by atoms with Crippen LogP contribution in [0.15, 0.2) is 11.4 Å². The number of piperidine rings is 1. The van der Waals surface area contributed by atoms with Crippen LogP contribution in [-0.4, -0.2) is 24.5 Å². The monoisotopic (exact) mass is 258 g/mol. The summed E-state index contributed by atoms with van der Waals surface area (Å²) in [6.45, 7) is 4.22. The summed E-state index contributed by atoms with van der Waals surface area (Å²) in [7, 11) is 0. The SMILES string of the molecule is NCCC1CCCN(Cc2sccc2Cl)C1. The third-order valence-electron chi connectivity index (χ3n) is 3.24. The van der Waals surface area contributed by atoms with Gasteiger partial charge >= 0.3 is 0 Å². The van der Waals surface area contributed by atoms with E-state index in [0.29, 0.717) is 0 Å². The van der Waals surface area contributed by atoms with Crippen LogP contribution in [0.25, 0.3) is 0 Å². The standard InChI is InChI=1S/C12H19ClN2S/c13-11-4-7-16-12(11)9-15-6-1-2-10(8-15)3-5-14/h4,7,10H,1-3,5-6,8-9,14H2. The van der Waals surface area contributed by atoms with Crippen molar-refractivity contribution in [2.24, 2.45) is 11.7 Å². The predicted octanol–water partition coefficient (Wildman–Crippen LogP) is 2.96. The second-order valence-corrected chi connectivity index (χ2v) is 5.92. The summed E-state index contributed by atoms with van der Waals surface area (Å²) in [6, 6.07) is 1.99. The highest BCUT2D eigenvalue weighted by Gasteiger charge is 2.20. The van der Waals surface area contributed by atoms with Crippen LogP contribution in [0.2, 0.25) is 5.02 Å². The molecule has 0 amide bonds. The highest BCUT2D eigenvalue weighted by molar-refractivity contribution is 7.10. The van der Waals surface area contributed by atoms with Crippen LogP contribution in [-0.2, 0) is 6.54 Å². The van der Waals surface area contributed by atoms with Crippen molar-refractivity contribution in [3.05, 3.63) is 21.3 Å². The zero-order valence-corrected chi connectivity index (χ0v) is 11.1. The molecule has 1 aromatic rings. The van der Waals surface area contributed by atoms with Crippen LogP contribution in [0, 0.1) is 5.92 Å². The van der Waals surface area contributed by atoms with Crippen LogP contribution in [0.3, 0.4) is 0 Å². The summed E-state index contributed by atoms with van der Waals surface area (Å²) < 4.78 is 0. The summed E-state index contributed by atoms with van der Waals surface area (Å²) in [4.78, 5) is 3.82. The lowest BCUT2D eigenvalue weighted by Crippen LogP contribution is -2.35. The van der Waals surface area contributed by atoms with Gasteiger partial charge in [0.2, 0.25) is 0 Å². The van der Waals surface area contributed by atoms with E-state index in [0.717, 1.165) is 30.5 Å². The van der Waals surface area contributed by atoms with Gasteiger partial charge in [0.25, 0.3) is 0 Å². The Morgan fingerprint density at radius 2 is 2.44 bits per heavy atom. The zero-order chi connectivity index (χ0) is 11.4. The highest BCUT2D eigenvalue weighted by Crippen LogP contribution is 2.26. The maximum Gasteiger partial charge on any atom is 0.0558 e. The van der Waals surface area contributed by atoms with E-state index in [4.69, 9.17) is 17.3 Å². The first-order valence-corrected chi connectivity index (χ1v) is 7.19. The first kappa shape index (κ1) is 12.4. The molecule has 4 heteroatoms. The van der Waals surface area contributed by atoms with Gasteiger partial charge in [0.05, 0.1) is 5.02 Å². The molecule has 1 unspecified atom stereocenters. The Bertz CT molecular complexity index is 325. The quantitative estimate of drug-likeness (QED) is 0.900. The smallest absolute Gasteiger partial charge is 0.0558 e. The molecule has 1 aliphatic heterocycles. The van der Waals surface area contributed by atoms with Crippen molar-refractivity contribution in [3.8, 4) is 0 Å². The lowest BCUT2D eigenvalue weighted by atomic mass is 9.95. The molecule has 0 bridgehead atoms. The van der Waals surface area contributed by atoms with Gasteiger partial charge in [-0.25, -0.2) is 0 Å². The lowest BCUT2D eigenvalue weighted by Gasteiger charge is -2.32. The van der Waals surface area contributed by atoms with Gasteiger partial charge in [0, 0.05) is 18.0 Å². The molecule has 2 nitrogen and oxygen atoms in total. The molecular formula is C12H19ClN2S. The normalized spacial score (nSPS) is 22.5. The van der Waals surface area contributed by atoms with E-state index < -0.39 is 0 Å². The third kappa shape index (κ3) is 3.20. The lowest BCUT2D eigenvalue weighted by molar-refractivity contribution is 0.164. The molecule has 1 atom stereocenters. The maximum absolute atomic E-state index is 6.12. The Morgan fingerprint density at radius 3 is 3.12 bits per heavy atom. The van der Waals surface area contributed by atoms with Crippen molar-refractivity contribution < 1.29 is 0 Å². The molecule has 0 aliphatic carbocycles. The van der Waals surface area contributed by atoms with Crippen LogP contribution >= 0.6 is 22.9 Å². The molecular weight excluding hydrogens is 240 g/mol. The summed E-state index contributed by atoms with van der Waals surface area (Å²) in [5.41, 5.74) is 5.63. The third-order valence-corrected chi connectivity index (χ3v) is 4.61. The highest BCUT2D eigenvalue weighted by atomic mass is 35.5. The molecule has 1 fully saturated rings. The van der Waals surface area contributed by atoms with Gasteiger partial charge in [-0.3, -0.25) is 4.90 Å². The molecule has 1 aromatic heterocycles. The fraction of sp³-hybridized carbons (Fsp3) is 0.667. The average Bonchev–Trinajstić information content (AvgIpc) is 2.66. The largest absolute Gasteiger partial charge is 0.330 e. The fourth-order valence-electron chi connectivity index (χ4n) is 2.41. The van der Waals surface area contributed by atoms with Gasteiger partial charge in [0.15, 0.2) is 0 Å². The van der Waals surface area contributed by atoms with E-state index in [9.17, 15) is 0 Å². The Labute approximate surface area is 106 Å². The number of likely N-dealkylation sites (tertiary alicyclic amines) is 1. The fourth-order valence-corrected chi connectivity index (χ4v) is 3.54. The number of hydrogen-bond donors (Lipinski definition) is 1. The summed E-state index contributed by atoms with van der Waals surface area (Å²) in [5.74, 6) is 0.789. The summed E-state index contributed by atoms with van der Waals surface area (Å²) >= 11 is 7.88. The van der Waals surface area contributed by atoms with Crippen LogP contribution in [0.1, 0.15) is 24.1 Å². The van der Waals surface area contributed by atoms with Gasteiger partial charge in [-0.05, 0) is 49.7 Å². The van der Waals surface area contributed by atoms with Gasteiger partial charge in [0.1, 0.15) is 0 Å². The number of thiophene rings is 1. The van der Waals surface area contributed by atoms with E-state index in [1.807, 2.05) is 6.07 Å². The summed E-state index contributed by atoms with van der Waals surface area (Å²) in [6.07, 6.45) is 3.80. The first-order valence-electron chi connectivity index (χ1n) is 5.94. The second kappa shape index (κ2) is 6.01. The molecule has 0 saturated carbocycles. The minimum Gasteiger partial charge on any atom is -0.330 e. The van der Waals surface area contributed by atoms with Crippen molar-refractivity contribution in [1.82, 2.24) is 4.90 Å². The number of nitrogens with zero attached hydrogens (tertiary/aromatic N) is 1. The molecule has 1 saturated heterocycles. The van der Waals surface area contributed by atoms with Crippen molar-refractivity contribution in [2.45, 2.75) is 25.8 Å². The van der Waals surface area contributed by atoms with Gasteiger partial charge in [-0.15, -0.1) is 11.3 Å². The molecule has 16 heavy (non-hydrogen) atoms. The summed E-state index contributed by atoms with van der Waals surface area (Å²) in [5, 5.41) is 2.99. The topological polar surface area (TPSA) is 29.3 Å². The van der Waals surface area contributed by atoms with E-state index in [1.165, 1.54) is 30.8 Å². The van der Waals surface area contributed by atoms with Crippen LogP contribution in [0.4, 0.5) is 0 Å². The Morgan fingerprint density at radius 1 is 1.56 bits per heavy atom. The van der Waals surface area contributed by atoms with E-state index >= 15 is 0 Å². The zero-order valence-electron chi connectivity index (χ0n) is 9.49. The van der Waals surface area contributed by atoms with Crippen molar-refractivity contribution >= 4 is 22.9 Å². The molecule has 2 rings (SSSR count). The first-order chi connectivity index (χ1) is 7.79. The number of halogens is 1. The second-order valence-electron chi connectivity index (χ2n) is 4.51. The van der Waals surface area contributed by atoms with Crippen LogP contribution in [0.5, 0.6) is 0 Å². The van der Waals surface area contributed by atoms with E-state index in [1.54, 1.807) is 11.3 Å². The van der Waals surface area contributed by atoms with E-state index in [-0.39, 0.29) is 0 Å². The predicted molar refractivity (Wildman–Crippen MR) is 71.0 cm³/mol. The Hall–Kier alpha value is -0.0900. The molecule has 1 aliphatic rings. The van der Waals surface area contributed by atoms with Crippen LogP contribution < -0.4 is 5.73 Å². The van der Waals surface area contributed by atoms with E-state index in [2.05, 4.69) is 10.3 Å². The molecule has 0 spiro atoms. The molecule has 2 N–H and O–H groups in total. The number of hydrogen-bond acceptors (Lipinski definition) is 3. The minimum atomic E-state index is 0.789. The number of rotatable bonds is 4.